The Bertz CT molecular complexity index is 536. The summed E-state index contributed by atoms with van der Waals surface area (Å²) >= 11 is 2.32. The van der Waals surface area contributed by atoms with Gasteiger partial charge in [-0.25, -0.2) is 4.68 Å². The van der Waals surface area contributed by atoms with E-state index >= 15 is 0 Å². The summed E-state index contributed by atoms with van der Waals surface area (Å²) in [6.07, 6.45) is 4.16. The maximum Gasteiger partial charge on any atom is 0.129 e. The number of rotatable bonds is 6. The average Bonchev–Trinajstić information content (AvgIpc) is 2.87. The lowest BCUT2D eigenvalue weighted by Gasteiger charge is -2.11. The Kier molecular flexibility index (Phi) is 5.21. The normalized spacial score (nSPS) is 10.7. The van der Waals surface area contributed by atoms with Crippen molar-refractivity contribution in [2.75, 3.05) is 11.9 Å². The second-order valence-electron chi connectivity index (χ2n) is 4.39. The number of halogens is 1. The Morgan fingerprint density at radius 2 is 2.21 bits per heavy atom. The number of nitrogens with zero attached hydrogens (tertiary/aromatic N) is 2. The molecular weight excluding hydrogens is 351 g/mol. The lowest BCUT2D eigenvalue weighted by Crippen LogP contribution is -2.08. The molecule has 3 N–H and O–H groups in total. The third-order valence-corrected chi connectivity index (χ3v) is 3.98. The Morgan fingerprint density at radius 1 is 1.37 bits per heavy atom. The molecule has 2 rings (SSSR count). The van der Waals surface area contributed by atoms with Crippen LogP contribution in [0.3, 0.4) is 0 Å². The molecule has 0 bridgehead atoms. The predicted octanol–water partition coefficient (Wildman–Crippen LogP) is 3.15. The SMILES string of the molecule is CCCCNc1ccnn1-c1ccc(CN)c(I)c1. The molecular formula is C14H19IN4. The van der Waals surface area contributed by atoms with Crippen molar-refractivity contribution in [1.82, 2.24) is 9.78 Å². The standard InChI is InChI=1S/C14H19IN4/c1-2-3-7-17-14-6-8-18-19(14)12-5-4-11(10-16)13(15)9-12/h4-6,8-9,17H,2-3,7,10,16H2,1H3. The van der Waals surface area contributed by atoms with Gasteiger partial charge in [-0.2, -0.15) is 5.10 Å². The van der Waals surface area contributed by atoms with Gasteiger partial charge in [-0.1, -0.05) is 19.4 Å². The molecule has 0 saturated carbocycles. The van der Waals surface area contributed by atoms with Crippen LogP contribution in [0.1, 0.15) is 25.3 Å². The fourth-order valence-corrected chi connectivity index (χ4v) is 2.59. The first-order chi connectivity index (χ1) is 9.26. The molecule has 0 aliphatic carbocycles. The van der Waals surface area contributed by atoms with Crippen LogP contribution in [0, 0.1) is 3.57 Å². The molecule has 0 amide bonds. The number of nitrogens with one attached hydrogen (secondary N) is 1. The number of hydrogen-bond acceptors (Lipinski definition) is 3. The fraction of sp³-hybridized carbons (Fsp3) is 0.357. The van der Waals surface area contributed by atoms with Crippen molar-refractivity contribution >= 4 is 28.4 Å². The predicted molar refractivity (Wildman–Crippen MR) is 87.6 cm³/mol. The highest BCUT2D eigenvalue weighted by Crippen LogP contribution is 2.20. The average molecular weight is 370 g/mol. The molecule has 0 aliphatic heterocycles. The molecule has 0 fully saturated rings. The third-order valence-electron chi connectivity index (χ3n) is 2.98. The van der Waals surface area contributed by atoms with Crippen molar-refractivity contribution < 1.29 is 0 Å². The second-order valence-corrected chi connectivity index (χ2v) is 5.55. The van der Waals surface area contributed by atoms with E-state index in [-0.39, 0.29) is 0 Å². The minimum Gasteiger partial charge on any atom is -0.370 e. The molecule has 1 heterocycles. The van der Waals surface area contributed by atoms with E-state index in [4.69, 9.17) is 5.73 Å². The Hall–Kier alpha value is -1.08. The molecule has 4 nitrogen and oxygen atoms in total. The summed E-state index contributed by atoms with van der Waals surface area (Å²) < 4.78 is 3.10. The van der Waals surface area contributed by atoms with Crippen molar-refractivity contribution in [3.8, 4) is 5.69 Å². The maximum absolute atomic E-state index is 5.69. The van der Waals surface area contributed by atoms with E-state index in [0.717, 1.165) is 30.0 Å². The van der Waals surface area contributed by atoms with Crippen LogP contribution in [0.4, 0.5) is 5.82 Å². The van der Waals surface area contributed by atoms with Crippen LogP contribution in [-0.4, -0.2) is 16.3 Å². The van der Waals surface area contributed by atoms with Gasteiger partial charge in [-0.05, 0) is 46.7 Å². The first-order valence-electron chi connectivity index (χ1n) is 6.53. The minimum atomic E-state index is 0.569. The summed E-state index contributed by atoms with van der Waals surface area (Å²) in [6.45, 7) is 3.73. The van der Waals surface area contributed by atoms with Crippen LogP contribution < -0.4 is 11.1 Å². The molecule has 0 unspecified atom stereocenters. The number of nitrogens with two attached hydrogens (primary N) is 1. The van der Waals surface area contributed by atoms with E-state index in [1.54, 1.807) is 0 Å². The molecule has 102 valence electrons. The number of aromatic nitrogens is 2. The van der Waals surface area contributed by atoms with Gasteiger partial charge in [-0.15, -0.1) is 0 Å². The zero-order chi connectivity index (χ0) is 13.7. The first kappa shape index (κ1) is 14.3. The van der Waals surface area contributed by atoms with E-state index < -0.39 is 0 Å². The molecule has 0 atom stereocenters. The molecule has 0 saturated heterocycles. The third kappa shape index (κ3) is 3.48. The van der Waals surface area contributed by atoms with Gasteiger partial charge in [0.25, 0.3) is 0 Å². The van der Waals surface area contributed by atoms with Crippen LogP contribution in [0.2, 0.25) is 0 Å². The smallest absolute Gasteiger partial charge is 0.129 e. The van der Waals surface area contributed by atoms with Gasteiger partial charge in [0, 0.05) is 22.7 Å². The Labute approximate surface area is 127 Å². The fourth-order valence-electron chi connectivity index (χ4n) is 1.87. The van der Waals surface area contributed by atoms with Gasteiger partial charge in [0.15, 0.2) is 0 Å². The topological polar surface area (TPSA) is 55.9 Å². The number of unbranched alkanes of at least 4 members (excludes halogenated alkanes) is 1. The highest BCUT2D eigenvalue weighted by molar-refractivity contribution is 14.1. The lowest BCUT2D eigenvalue weighted by molar-refractivity contribution is 0.813. The van der Waals surface area contributed by atoms with E-state index in [2.05, 4.69) is 58.1 Å². The van der Waals surface area contributed by atoms with Crippen LogP contribution >= 0.6 is 22.6 Å². The largest absolute Gasteiger partial charge is 0.370 e. The molecule has 5 heteroatoms. The van der Waals surface area contributed by atoms with Crippen molar-refractivity contribution in [1.29, 1.82) is 0 Å². The summed E-state index contributed by atoms with van der Waals surface area (Å²) in [5.74, 6) is 1.03. The summed E-state index contributed by atoms with van der Waals surface area (Å²) in [4.78, 5) is 0. The van der Waals surface area contributed by atoms with Crippen LogP contribution in [-0.2, 0) is 6.54 Å². The van der Waals surface area contributed by atoms with E-state index in [0.29, 0.717) is 6.54 Å². The Balaban J connectivity index is 2.22. The van der Waals surface area contributed by atoms with Crippen LogP contribution in [0.5, 0.6) is 0 Å². The molecule has 19 heavy (non-hydrogen) atoms. The summed E-state index contributed by atoms with van der Waals surface area (Å²) in [6, 6.07) is 8.23. The molecule has 1 aromatic heterocycles. The van der Waals surface area contributed by atoms with Gasteiger partial charge in [0.05, 0.1) is 11.9 Å². The molecule has 1 aromatic carbocycles. The Morgan fingerprint density at radius 3 is 2.89 bits per heavy atom. The maximum atomic E-state index is 5.69. The molecule has 2 aromatic rings. The highest BCUT2D eigenvalue weighted by Gasteiger charge is 2.06. The van der Waals surface area contributed by atoms with E-state index in [1.807, 2.05) is 16.9 Å². The molecule has 0 aliphatic rings. The summed E-state index contributed by atoms with van der Waals surface area (Å²) in [5, 5.41) is 7.80. The van der Waals surface area contributed by atoms with Crippen molar-refractivity contribution in [2.45, 2.75) is 26.3 Å². The summed E-state index contributed by atoms with van der Waals surface area (Å²) in [7, 11) is 0. The second kappa shape index (κ2) is 6.91. The number of hydrogen-bond donors (Lipinski definition) is 2. The van der Waals surface area contributed by atoms with Gasteiger partial charge >= 0.3 is 0 Å². The van der Waals surface area contributed by atoms with Gasteiger partial charge in [-0.3, -0.25) is 0 Å². The first-order valence-corrected chi connectivity index (χ1v) is 7.61. The number of benzene rings is 1. The zero-order valence-corrected chi connectivity index (χ0v) is 13.2. The van der Waals surface area contributed by atoms with E-state index in [9.17, 15) is 0 Å². The van der Waals surface area contributed by atoms with E-state index in [1.165, 1.54) is 9.99 Å². The van der Waals surface area contributed by atoms with Crippen molar-refractivity contribution in [2.24, 2.45) is 5.73 Å². The quantitative estimate of drug-likeness (QED) is 0.607. The van der Waals surface area contributed by atoms with Crippen LogP contribution in [0.15, 0.2) is 30.5 Å². The molecule has 0 spiro atoms. The minimum absolute atomic E-state index is 0.569. The van der Waals surface area contributed by atoms with Gasteiger partial charge in [0.2, 0.25) is 0 Å². The van der Waals surface area contributed by atoms with Gasteiger partial charge in [0.1, 0.15) is 5.82 Å². The van der Waals surface area contributed by atoms with Crippen molar-refractivity contribution in [3.05, 3.63) is 39.6 Å². The monoisotopic (exact) mass is 370 g/mol. The number of anilines is 1. The summed E-state index contributed by atoms with van der Waals surface area (Å²) in [5.41, 5.74) is 7.92. The molecule has 0 radical (unpaired) electrons. The van der Waals surface area contributed by atoms with Gasteiger partial charge < -0.3 is 11.1 Å². The van der Waals surface area contributed by atoms with Crippen LogP contribution in [0.25, 0.3) is 5.69 Å². The zero-order valence-electron chi connectivity index (χ0n) is 11.1. The van der Waals surface area contributed by atoms with Crippen molar-refractivity contribution in [3.63, 3.8) is 0 Å². The lowest BCUT2D eigenvalue weighted by atomic mass is 10.2. The highest BCUT2D eigenvalue weighted by atomic mass is 127.